The van der Waals surface area contributed by atoms with Crippen molar-refractivity contribution in [3.63, 3.8) is 0 Å². The maximum atomic E-state index is 12.8. The first-order valence-corrected chi connectivity index (χ1v) is 7.55. The van der Waals surface area contributed by atoms with E-state index in [1.807, 2.05) is 12.1 Å². The summed E-state index contributed by atoms with van der Waals surface area (Å²) >= 11 is 0. The van der Waals surface area contributed by atoms with E-state index in [0.717, 1.165) is 5.75 Å². The van der Waals surface area contributed by atoms with Gasteiger partial charge in [0.05, 0.1) is 13.2 Å². The molecule has 2 aromatic rings. The first-order valence-electron chi connectivity index (χ1n) is 7.55. The predicted molar refractivity (Wildman–Crippen MR) is 90.3 cm³/mol. The van der Waals surface area contributed by atoms with Gasteiger partial charge in [0.15, 0.2) is 0 Å². The summed E-state index contributed by atoms with van der Waals surface area (Å²) in [5.74, 6) is 0.762. The monoisotopic (exact) mass is 316 g/mol. The third-order valence-electron chi connectivity index (χ3n) is 3.02. The summed E-state index contributed by atoms with van der Waals surface area (Å²) in [6.07, 6.45) is 0. The van der Waals surface area contributed by atoms with Gasteiger partial charge in [0.1, 0.15) is 11.6 Å². The molecule has 0 aliphatic rings. The molecule has 0 saturated heterocycles. The molecule has 0 unspecified atom stereocenters. The topological polar surface area (TPSA) is 50.4 Å². The second kappa shape index (κ2) is 8.17. The van der Waals surface area contributed by atoms with Gasteiger partial charge < -0.3 is 15.4 Å². The zero-order valence-corrected chi connectivity index (χ0v) is 13.3. The van der Waals surface area contributed by atoms with Crippen molar-refractivity contribution in [3.8, 4) is 5.75 Å². The van der Waals surface area contributed by atoms with Crippen molar-refractivity contribution >= 4 is 17.3 Å². The largest absolute Gasteiger partial charge is 0.493 e. The fourth-order valence-electron chi connectivity index (χ4n) is 1.85. The van der Waals surface area contributed by atoms with Crippen LogP contribution in [-0.4, -0.2) is 19.1 Å². The van der Waals surface area contributed by atoms with Gasteiger partial charge in [-0.1, -0.05) is 13.8 Å². The van der Waals surface area contributed by atoms with E-state index in [9.17, 15) is 9.18 Å². The highest BCUT2D eigenvalue weighted by molar-refractivity contribution is 5.93. The van der Waals surface area contributed by atoms with Gasteiger partial charge in [0.25, 0.3) is 0 Å². The standard InChI is InChI=1S/C18H21FN2O2/c1-13(2)12-23-17-9-7-16(8-10-17)21-18(22)11-20-15-5-3-14(19)4-6-15/h3-10,13,20H,11-12H2,1-2H3,(H,21,22). The Morgan fingerprint density at radius 1 is 1.04 bits per heavy atom. The highest BCUT2D eigenvalue weighted by Crippen LogP contribution is 2.16. The summed E-state index contributed by atoms with van der Waals surface area (Å²) in [5, 5.41) is 5.72. The molecule has 2 rings (SSSR count). The van der Waals surface area contributed by atoms with E-state index in [-0.39, 0.29) is 18.3 Å². The van der Waals surface area contributed by atoms with Crippen LogP contribution in [0.15, 0.2) is 48.5 Å². The summed E-state index contributed by atoms with van der Waals surface area (Å²) in [5.41, 5.74) is 1.40. The van der Waals surface area contributed by atoms with Gasteiger partial charge in [-0.3, -0.25) is 4.79 Å². The number of amides is 1. The van der Waals surface area contributed by atoms with Crippen LogP contribution in [0.25, 0.3) is 0 Å². The van der Waals surface area contributed by atoms with E-state index in [2.05, 4.69) is 24.5 Å². The van der Waals surface area contributed by atoms with Crippen molar-refractivity contribution in [1.29, 1.82) is 0 Å². The Kier molecular flexibility index (Phi) is 5.97. The zero-order chi connectivity index (χ0) is 16.7. The van der Waals surface area contributed by atoms with Gasteiger partial charge in [-0.2, -0.15) is 0 Å². The maximum absolute atomic E-state index is 12.8. The van der Waals surface area contributed by atoms with Gasteiger partial charge >= 0.3 is 0 Å². The van der Waals surface area contributed by atoms with E-state index in [0.29, 0.717) is 23.9 Å². The van der Waals surface area contributed by atoms with E-state index in [4.69, 9.17) is 4.74 Å². The summed E-state index contributed by atoms with van der Waals surface area (Å²) in [4.78, 5) is 11.9. The van der Waals surface area contributed by atoms with E-state index in [1.165, 1.54) is 12.1 Å². The van der Waals surface area contributed by atoms with Crippen LogP contribution in [0, 0.1) is 11.7 Å². The number of carbonyl (C=O) groups excluding carboxylic acids is 1. The van der Waals surface area contributed by atoms with Crippen molar-refractivity contribution in [1.82, 2.24) is 0 Å². The fraction of sp³-hybridized carbons (Fsp3) is 0.278. The van der Waals surface area contributed by atoms with Gasteiger partial charge in [-0.25, -0.2) is 4.39 Å². The highest BCUT2D eigenvalue weighted by Gasteiger charge is 2.03. The van der Waals surface area contributed by atoms with Crippen molar-refractivity contribution in [2.24, 2.45) is 5.92 Å². The number of anilines is 2. The molecule has 0 aliphatic heterocycles. The minimum absolute atomic E-state index is 0.108. The molecule has 5 heteroatoms. The minimum Gasteiger partial charge on any atom is -0.493 e. The van der Waals surface area contributed by atoms with Crippen LogP contribution in [0.1, 0.15) is 13.8 Å². The average Bonchev–Trinajstić information content (AvgIpc) is 2.53. The van der Waals surface area contributed by atoms with Gasteiger partial charge in [0, 0.05) is 11.4 Å². The van der Waals surface area contributed by atoms with Crippen LogP contribution < -0.4 is 15.4 Å². The molecule has 0 heterocycles. The molecule has 122 valence electrons. The minimum atomic E-state index is -0.306. The summed E-state index contributed by atoms with van der Waals surface area (Å²) in [6, 6.07) is 13.1. The Morgan fingerprint density at radius 2 is 1.65 bits per heavy atom. The van der Waals surface area contributed by atoms with E-state index in [1.54, 1.807) is 24.3 Å². The summed E-state index contributed by atoms with van der Waals surface area (Å²) in [6.45, 7) is 4.94. The number of ether oxygens (including phenoxy) is 1. The molecule has 1 amide bonds. The molecule has 0 atom stereocenters. The number of rotatable bonds is 7. The first-order chi connectivity index (χ1) is 11.0. The third kappa shape index (κ3) is 5.98. The van der Waals surface area contributed by atoms with Crippen LogP contribution >= 0.6 is 0 Å². The molecule has 0 bridgehead atoms. The Hall–Kier alpha value is -2.56. The van der Waals surface area contributed by atoms with Crippen molar-refractivity contribution < 1.29 is 13.9 Å². The lowest BCUT2D eigenvalue weighted by molar-refractivity contribution is -0.114. The summed E-state index contributed by atoms with van der Waals surface area (Å²) < 4.78 is 18.4. The Morgan fingerprint density at radius 3 is 2.26 bits per heavy atom. The third-order valence-corrected chi connectivity index (χ3v) is 3.02. The van der Waals surface area contributed by atoms with Crippen LogP contribution in [-0.2, 0) is 4.79 Å². The van der Waals surface area contributed by atoms with E-state index < -0.39 is 0 Å². The SMILES string of the molecule is CC(C)COc1ccc(NC(=O)CNc2ccc(F)cc2)cc1. The molecule has 2 aromatic carbocycles. The molecule has 0 aliphatic carbocycles. The van der Waals surface area contributed by atoms with Crippen LogP contribution in [0.2, 0.25) is 0 Å². The molecule has 23 heavy (non-hydrogen) atoms. The number of benzene rings is 2. The van der Waals surface area contributed by atoms with Gasteiger partial charge in [-0.05, 0) is 54.4 Å². The average molecular weight is 316 g/mol. The number of carbonyl (C=O) groups is 1. The molecule has 4 nitrogen and oxygen atoms in total. The van der Waals surface area contributed by atoms with Gasteiger partial charge in [0.2, 0.25) is 5.91 Å². The van der Waals surface area contributed by atoms with E-state index >= 15 is 0 Å². The molecule has 0 spiro atoms. The number of hydrogen-bond acceptors (Lipinski definition) is 3. The molecule has 2 N–H and O–H groups in total. The smallest absolute Gasteiger partial charge is 0.243 e. The number of hydrogen-bond donors (Lipinski definition) is 2. The highest BCUT2D eigenvalue weighted by atomic mass is 19.1. The molecular formula is C18H21FN2O2. The first kappa shape index (κ1) is 16.8. The number of nitrogens with one attached hydrogen (secondary N) is 2. The second-order valence-corrected chi connectivity index (χ2v) is 5.64. The predicted octanol–water partition coefficient (Wildman–Crippen LogP) is 3.91. The quantitative estimate of drug-likeness (QED) is 0.814. The van der Waals surface area contributed by atoms with Crippen molar-refractivity contribution in [2.75, 3.05) is 23.8 Å². The normalized spacial score (nSPS) is 10.4. The molecule has 0 radical (unpaired) electrons. The lowest BCUT2D eigenvalue weighted by atomic mass is 10.2. The van der Waals surface area contributed by atoms with Crippen molar-refractivity contribution in [2.45, 2.75) is 13.8 Å². The lowest BCUT2D eigenvalue weighted by Crippen LogP contribution is -2.21. The Labute approximate surface area is 135 Å². The summed E-state index contributed by atoms with van der Waals surface area (Å²) in [7, 11) is 0. The lowest BCUT2D eigenvalue weighted by Gasteiger charge is -2.10. The van der Waals surface area contributed by atoms with Gasteiger partial charge in [-0.15, -0.1) is 0 Å². The zero-order valence-electron chi connectivity index (χ0n) is 13.3. The molecular weight excluding hydrogens is 295 g/mol. The van der Waals surface area contributed by atoms with Crippen LogP contribution in [0.3, 0.4) is 0 Å². The fourth-order valence-corrected chi connectivity index (χ4v) is 1.85. The number of halogens is 1. The molecule has 0 fully saturated rings. The van der Waals surface area contributed by atoms with Crippen molar-refractivity contribution in [3.05, 3.63) is 54.3 Å². The Balaban J connectivity index is 1.79. The molecule has 0 aromatic heterocycles. The second-order valence-electron chi connectivity index (χ2n) is 5.64. The van der Waals surface area contributed by atoms with Crippen LogP contribution in [0.5, 0.6) is 5.75 Å². The maximum Gasteiger partial charge on any atom is 0.243 e. The molecule has 0 saturated carbocycles. The Bertz CT molecular complexity index is 624. The van der Waals surface area contributed by atoms with Crippen LogP contribution in [0.4, 0.5) is 15.8 Å².